The molecule has 1 aromatic heterocycles. The zero-order valence-electron chi connectivity index (χ0n) is 12.3. The number of hydrogen-bond donors (Lipinski definition) is 2. The van der Waals surface area contributed by atoms with Crippen molar-refractivity contribution in [3.05, 3.63) is 11.1 Å². The Kier molecular flexibility index (Phi) is 4.71. The Balaban J connectivity index is 1.99. The van der Waals surface area contributed by atoms with Crippen LogP contribution in [0, 0.1) is 5.92 Å². The van der Waals surface area contributed by atoms with Crippen molar-refractivity contribution in [2.24, 2.45) is 5.92 Å². The average Bonchev–Trinajstić information content (AvgIpc) is 2.77. The molecule has 0 spiro atoms. The number of sulfonamides is 1. The Morgan fingerprint density at radius 2 is 2.25 bits per heavy atom. The van der Waals surface area contributed by atoms with Crippen LogP contribution in [0.15, 0.2) is 5.38 Å². The smallest absolute Gasteiger partial charge is 0.234 e. The van der Waals surface area contributed by atoms with Gasteiger partial charge in [-0.05, 0) is 31.8 Å². The Morgan fingerprint density at radius 3 is 2.80 bits per heavy atom. The van der Waals surface area contributed by atoms with Gasteiger partial charge in [0.15, 0.2) is 5.13 Å². The fourth-order valence-corrected chi connectivity index (χ4v) is 4.87. The van der Waals surface area contributed by atoms with Gasteiger partial charge in [0.1, 0.15) is 0 Å². The molecule has 0 saturated carbocycles. The third-order valence-electron chi connectivity index (χ3n) is 3.37. The largest absolute Gasteiger partial charge is 0.316 e. The molecule has 2 heterocycles. The molecule has 0 bridgehead atoms. The molecule has 1 saturated heterocycles. The predicted octanol–water partition coefficient (Wildman–Crippen LogP) is 2.18. The van der Waals surface area contributed by atoms with Crippen molar-refractivity contribution in [1.29, 1.82) is 0 Å². The summed E-state index contributed by atoms with van der Waals surface area (Å²) in [7, 11) is -3.31. The van der Waals surface area contributed by atoms with E-state index < -0.39 is 10.0 Å². The van der Waals surface area contributed by atoms with Crippen molar-refractivity contribution in [2.45, 2.75) is 39.0 Å². The van der Waals surface area contributed by atoms with Crippen LogP contribution in [0.4, 0.5) is 5.13 Å². The van der Waals surface area contributed by atoms with Gasteiger partial charge in [-0.25, -0.2) is 13.4 Å². The molecular formula is C13H23N3O2S2. The molecule has 0 radical (unpaired) electrons. The number of piperidine rings is 1. The summed E-state index contributed by atoms with van der Waals surface area (Å²) in [6, 6.07) is 0. The first kappa shape index (κ1) is 15.7. The quantitative estimate of drug-likeness (QED) is 0.893. The van der Waals surface area contributed by atoms with Crippen LogP contribution in [0.25, 0.3) is 0 Å². The van der Waals surface area contributed by atoms with Gasteiger partial charge in [-0.1, -0.05) is 20.8 Å². The van der Waals surface area contributed by atoms with Crippen LogP contribution < -0.4 is 10.0 Å². The van der Waals surface area contributed by atoms with E-state index in [0.29, 0.717) is 5.13 Å². The second-order valence-corrected chi connectivity index (χ2v) is 9.01. The number of anilines is 1. The molecule has 1 fully saturated rings. The lowest BCUT2D eigenvalue weighted by Gasteiger charge is -2.22. The molecule has 2 rings (SSSR count). The van der Waals surface area contributed by atoms with Crippen molar-refractivity contribution in [3.63, 3.8) is 0 Å². The van der Waals surface area contributed by atoms with E-state index in [1.165, 1.54) is 11.3 Å². The maximum Gasteiger partial charge on any atom is 0.234 e. The monoisotopic (exact) mass is 317 g/mol. The topological polar surface area (TPSA) is 71.1 Å². The van der Waals surface area contributed by atoms with Crippen molar-refractivity contribution >= 4 is 26.5 Å². The van der Waals surface area contributed by atoms with Crippen LogP contribution in [-0.2, 0) is 15.4 Å². The van der Waals surface area contributed by atoms with Crippen LogP contribution in [0.3, 0.4) is 0 Å². The first-order valence-electron chi connectivity index (χ1n) is 6.93. The van der Waals surface area contributed by atoms with Gasteiger partial charge < -0.3 is 5.32 Å². The van der Waals surface area contributed by atoms with Crippen molar-refractivity contribution in [3.8, 4) is 0 Å². The third kappa shape index (κ3) is 4.43. The third-order valence-corrected chi connectivity index (χ3v) is 5.67. The Labute approximate surface area is 125 Å². The normalized spacial score (nSPS) is 20.9. The molecule has 114 valence electrons. The molecule has 1 aromatic rings. The maximum absolute atomic E-state index is 12.2. The zero-order chi connectivity index (χ0) is 14.8. The Morgan fingerprint density at radius 1 is 1.50 bits per heavy atom. The van der Waals surface area contributed by atoms with Crippen LogP contribution >= 0.6 is 11.3 Å². The van der Waals surface area contributed by atoms with E-state index in [1.54, 1.807) is 0 Å². The first-order valence-corrected chi connectivity index (χ1v) is 9.47. The molecule has 1 unspecified atom stereocenters. The fraction of sp³-hybridized carbons (Fsp3) is 0.769. The minimum Gasteiger partial charge on any atom is -0.316 e. The van der Waals surface area contributed by atoms with Gasteiger partial charge in [0, 0.05) is 10.8 Å². The van der Waals surface area contributed by atoms with Crippen molar-refractivity contribution in [1.82, 2.24) is 10.3 Å². The Bertz CT molecular complexity index is 540. The lowest BCUT2D eigenvalue weighted by molar-refractivity contribution is 0.404. The molecule has 1 aliphatic heterocycles. The van der Waals surface area contributed by atoms with Gasteiger partial charge in [-0.2, -0.15) is 0 Å². The maximum atomic E-state index is 12.2. The molecule has 5 nitrogen and oxygen atoms in total. The summed E-state index contributed by atoms with van der Waals surface area (Å²) in [5.74, 6) is 0.369. The van der Waals surface area contributed by atoms with Gasteiger partial charge in [-0.3, -0.25) is 4.72 Å². The van der Waals surface area contributed by atoms with Crippen LogP contribution in [0.2, 0.25) is 0 Å². The second-order valence-electron chi connectivity index (χ2n) is 6.38. The number of thiazole rings is 1. The highest BCUT2D eigenvalue weighted by molar-refractivity contribution is 7.92. The van der Waals surface area contributed by atoms with Crippen LogP contribution in [0.1, 0.15) is 39.3 Å². The van der Waals surface area contributed by atoms with E-state index >= 15 is 0 Å². The van der Waals surface area contributed by atoms with Gasteiger partial charge in [0.25, 0.3) is 0 Å². The van der Waals surface area contributed by atoms with Crippen molar-refractivity contribution in [2.75, 3.05) is 23.6 Å². The SMILES string of the molecule is CC(C)(C)c1csc(NS(=O)(=O)CC2CCCNC2)n1. The van der Waals surface area contributed by atoms with Gasteiger partial charge in [-0.15, -0.1) is 11.3 Å². The number of rotatable bonds is 4. The lowest BCUT2D eigenvalue weighted by atomic mass is 9.93. The molecule has 0 aliphatic carbocycles. The highest BCUT2D eigenvalue weighted by atomic mass is 32.2. The molecular weight excluding hydrogens is 294 g/mol. The van der Waals surface area contributed by atoms with E-state index in [0.717, 1.165) is 31.6 Å². The number of nitrogens with one attached hydrogen (secondary N) is 2. The number of nitrogens with zero attached hydrogens (tertiary/aromatic N) is 1. The van der Waals surface area contributed by atoms with Gasteiger partial charge >= 0.3 is 0 Å². The summed E-state index contributed by atoms with van der Waals surface area (Å²) in [6.45, 7) is 7.97. The fourth-order valence-electron chi connectivity index (χ4n) is 2.22. The van der Waals surface area contributed by atoms with E-state index in [1.807, 2.05) is 5.38 Å². The molecule has 0 aromatic carbocycles. The molecule has 2 N–H and O–H groups in total. The van der Waals surface area contributed by atoms with E-state index in [-0.39, 0.29) is 17.1 Å². The summed E-state index contributed by atoms with van der Waals surface area (Å²) < 4.78 is 26.9. The summed E-state index contributed by atoms with van der Waals surface area (Å²) in [6.07, 6.45) is 2.02. The number of aromatic nitrogens is 1. The lowest BCUT2D eigenvalue weighted by Crippen LogP contribution is -2.35. The van der Waals surface area contributed by atoms with E-state index in [4.69, 9.17) is 0 Å². The standard InChI is InChI=1S/C13H23N3O2S2/c1-13(2,3)11-8-19-12(15-11)16-20(17,18)9-10-5-4-6-14-7-10/h8,10,14H,4-7,9H2,1-3H3,(H,15,16). The summed E-state index contributed by atoms with van der Waals surface area (Å²) in [4.78, 5) is 4.37. The molecule has 20 heavy (non-hydrogen) atoms. The summed E-state index contributed by atoms with van der Waals surface area (Å²) in [5, 5.41) is 5.63. The minimum absolute atomic E-state index is 0.0620. The first-order chi connectivity index (χ1) is 9.26. The predicted molar refractivity (Wildman–Crippen MR) is 83.8 cm³/mol. The van der Waals surface area contributed by atoms with E-state index in [2.05, 4.69) is 35.8 Å². The van der Waals surface area contributed by atoms with Crippen molar-refractivity contribution < 1.29 is 8.42 Å². The highest BCUT2D eigenvalue weighted by Crippen LogP contribution is 2.27. The minimum atomic E-state index is -3.31. The van der Waals surface area contributed by atoms with Crippen LogP contribution in [-0.4, -0.2) is 32.2 Å². The molecule has 0 amide bonds. The van der Waals surface area contributed by atoms with Gasteiger partial charge in [0.2, 0.25) is 10.0 Å². The molecule has 1 aliphatic rings. The number of hydrogen-bond acceptors (Lipinski definition) is 5. The van der Waals surface area contributed by atoms with Gasteiger partial charge in [0.05, 0.1) is 11.4 Å². The summed E-state index contributed by atoms with van der Waals surface area (Å²) in [5.41, 5.74) is 0.854. The molecule has 1 atom stereocenters. The molecule has 7 heteroatoms. The average molecular weight is 317 g/mol. The highest BCUT2D eigenvalue weighted by Gasteiger charge is 2.23. The second kappa shape index (κ2) is 5.99. The summed E-state index contributed by atoms with van der Waals surface area (Å²) >= 11 is 1.35. The Hall–Kier alpha value is -0.660. The van der Waals surface area contributed by atoms with Crippen LogP contribution in [0.5, 0.6) is 0 Å². The zero-order valence-corrected chi connectivity index (χ0v) is 13.9. The van der Waals surface area contributed by atoms with E-state index in [9.17, 15) is 8.42 Å².